The van der Waals surface area contributed by atoms with Crippen molar-refractivity contribution in [3.8, 4) is 5.75 Å². The Morgan fingerprint density at radius 1 is 1.35 bits per heavy atom. The van der Waals surface area contributed by atoms with Gasteiger partial charge in [-0.25, -0.2) is 0 Å². The van der Waals surface area contributed by atoms with E-state index in [1.165, 1.54) is 19.2 Å². The number of alkyl halides is 2. The minimum absolute atomic E-state index is 0.0632. The van der Waals surface area contributed by atoms with Gasteiger partial charge in [0.2, 0.25) is 0 Å². The fourth-order valence-corrected chi connectivity index (χ4v) is 3.26. The summed E-state index contributed by atoms with van der Waals surface area (Å²) in [5.41, 5.74) is -1.90. The molecule has 1 N–H and O–H groups in total. The third kappa shape index (κ3) is 3.80. The number of nitrogens with zero attached hydrogens (tertiary/aromatic N) is 1. The second kappa shape index (κ2) is 7.99. The molecule has 1 atom stereocenters. The van der Waals surface area contributed by atoms with Crippen LogP contribution in [0.15, 0.2) is 24.3 Å². The second-order valence-corrected chi connectivity index (χ2v) is 6.35. The first-order valence-electron chi connectivity index (χ1n) is 8.40. The first-order chi connectivity index (χ1) is 12.3. The zero-order chi connectivity index (χ0) is 19.4. The zero-order valence-corrected chi connectivity index (χ0v) is 14.8. The summed E-state index contributed by atoms with van der Waals surface area (Å²) >= 11 is 0. The number of likely N-dealkylation sites (tertiary alicyclic amines) is 1. The van der Waals surface area contributed by atoms with E-state index in [2.05, 4.69) is 0 Å². The van der Waals surface area contributed by atoms with Gasteiger partial charge in [0.05, 0.1) is 18.8 Å². The molecule has 1 saturated heterocycles. The number of carbonyl (C=O) groups excluding carboxylic acids is 1. The molecule has 0 saturated carbocycles. The quantitative estimate of drug-likeness (QED) is 0.797. The lowest BCUT2D eigenvalue weighted by molar-refractivity contribution is -0.170. The van der Waals surface area contributed by atoms with Crippen LogP contribution in [0.4, 0.5) is 8.78 Å². The molecule has 1 unspecified atom stereocenters. The van der Waals surface area contributed by atoms with Crippen molar-refractivity contribution in [1.29, 1.82) is 0 Å². The SMILES string of the molecule is CCOc1ccccc1C(F)(F)C(=O)N1CCCC(COC)(C(=O)O)C1. The molecule has 0 aliphatic carbocycles. The lowest BCUT2D eigenvalue weighted by atomic mass is 9.80. The van der Waals surface area contributed by atoms with Crippen molar-refractivity contribution in [3.63, 3.8) is 0 Å². The fraction of sp³-hybridized carbons (Fsp3) is 0.556. The van der Waals surface area contributed by atoms with Crippen LogP contribution in [0.5, 0.6) is 5.75 Å². The highest BCUT2D eigenvalue weighted by Gasteiger charge is 2.51. The highest BCUT2D eigenvalue weighted by atomic mass is 19.3. The number of carboxylic acids is 1. The molecule has 2 rings (SSSR count). The number of para-hydroxylation sites is 1. The smallest absolute Gasteiger partial charge is 0.353 e. The molecule has 0 aromatic heterocycles. The molecule has 0 spiro atoms. The number of rotatable bonds is 7. The van der Waals surface area contributed by atoms with E-state index in [1.54, 1.807) is 13.0 Å². The van der Waals surface area contributed by atoms with Crippen LogP contribution in [0, 0.1) is 5.41 Å². The van der Waals surface area contributed by atoms with Gasteiger partial charge in [-0.1, -0.05) is 12.1 Å². The van der Waals surface area contributed by atoms with Gasteiger partial charge in [-0.2, -0.15) is 8.78 Å². The summed E-state index contributed by atoms with van der Waals surface area (Å²) in [4.78, 5) is 25.2. The number of carboxylic acid groups (broad SMARTS) is 1. The van der Waals surface area contributed by atoms with Crippen LogP contribution in [0.25, 0.3) is 0 Å². The molecule has 1 amide bonds. The molecular weight excluding hydrogens is 348 g/mol. The number of amides is 1. The molecule has 6 nitrogen and oxygen atoms in total. The Labute approximate surface area is 150 Å². The average molecular weight is 371 g/mol. The van der Waals surface area contributed by atoms with Crippen LogP contribution in [-0.2, 0) is 20.2 Å². The molecular formula is C18H23F2NO5. The molecule has 1 aromatic rings. The Bertz CT molecular complexity index is 663. The molecule has 0 radical (unpaired) electrons. The third-order valence-corrected chi connectivity index (χ3v) is 4.53. The molecule has 1 aromatic carbocycles. The van der Waals surface area contributed by atoms with Gasteiger partial charge in [0.15, 0.2) is 0 Å². The van der Waals surface area contributed by atoms with Crippen molar-refractivity contribution >= 4 is 11.9 Å². The zero-order valence-electron chi connectivity index (χ0n) is 14.8. The van der Waals surface area contributed by atoms with E-state index in [1.807, 2.05) is 0 Å². The van der Waals surface area contributed by atoms with E-state index < -0.39 is 28.8 Å². The summed E-state index contributed by atoms with van der Waals surface area (Å²) in [6.45, 7) is 1.45. The maximum Gasteiger partial charge on any atom is 0.353 e. The number of hydrogen-bond donors (Lipinski definition) is 1. The number of piperidine rings is 1. The van der Waals surface area contributed by atoms with Crippen molar-refractivity contribution in [1.82, 2.24) is 4.90 Å². The number of benzene rings is 1. The van der Waals surface area contributed by atoms with E-state index in [4.69, 9.17) is 9.47 Å². The number of carbonyl (C=O) groups is 2. The number of aliphatic carboxylic acids is 1. The Morgan fingerprint density at radius 3 is 2.65 bits per heavy atom. The predicted octanol–water partition coefficient (Wildman–Crippen LogP) is 2.52. The van der Waals surface area contributed by atoms with Gasteiger partial charge in [0.1, 0.15) is 11.2 Å². The highest BCUT2D eigenvalue weighted by molar-refractivity contribution is 5.87. The lowest BCUT2D eigenvalue weighted by Gasteiger charge is -2.40. The molecule has 0 bridgehead atoms. The highest BCUT2D eigenvalue weighted by Crippen LogP contribution is 2.39. The molecule has 1 aliphatic rings. The van der Waals surface area contributed by atoms with Crippen LogP contribution in [0.1, 0.15) is 25.3 Å². The van der Waals surface area contributed by atoms with Gasteiger partial charge in [0.25, 0.3) is 5.91 Å². The lowest BCUT2D eigenvalue weighted by Crippen LogP contribution is -2.55. The largest absolute Gasteiger partial charge is 0.493 e. The number of ether oxygens (including phenoxy) is 2. The van der Waals surface area contributed by atoms with Crippen LogP contribution in [0.3, 0.4) is 0 Å². The Hall–Kier alpha value is -2.22. The van der Waals surface area contributed by atoms with Crippen LogP contribution in [0.2, 0.25) is 0 Å². The van der Waals surface area contributed by atoms with Crippen LogP contribution >= 0.6 is 0 Å². The summed E-state index contributed by atoms with van der Waals surface area (Å²) in [6.07, 6.45) is 0.575. The summed E-state index contributed by atoms with van der Waals surface area (Å²) in [5, 5.41) is 9.53. The maximum atomic E-state index is 14.9. The monoisotopic (exact) mass is 371 g/mol. The van der Waals surface area contributed by atoms with E-state index in [0.29, 0.717) is 6.42 Å². The predicted molar refractivity (Wildman–Crippen MR) is 89.3 cm³/mol. The summed E-state index contributed by atoms with van der Waals surface area (Å²) < 4.78 is 40.0. The fourth-order valence-electron chi connectivity index (χ4n) is 3.26. The number of methoxy groups -OCH3 is 1. The van der Waals surface area contributed by atoms with Gasteiger partial charge in [-0.3, -0.25) is 9.59 Å². The van der Waals surface area contributed by atoms with Gasteiger partial charge >= 0.3 is 11.9 Å². The topological polar surface area (TPSA) is 76.1 Å². The normalized spacial score (nSPS) is 20.7. The van der Waals surface area contributed by atoms with Crippen LogP contribution in [-0.4, -0.2) is 55.3 Å². The van der Waals surface area contributed by atoms with Crippen molar-refractivity contribution < 1.29 is 33.0 Å². The third-order valence-electron chi connectivity index (χ3n) is 4.53. The summed E-state index contributed by atoms with van der Waals surface area (Å²) in [6, 6.07) is 5.47. The summed E-state index contributed by atoms with van der Waals surface area (Å²) in [5.74, 6) is -6.46. The standard InChI is InChI=1S/C18H23F2NO5/c1-3-26-14-8-5-4-7-13(14)18(19,20)15(22)21-10-6-9-17(11-21,12-25-2)16(23)24/h4-5,7-8H,3,6,9-12H2,1-2H3,(H,23,24). The van der Waals surface area contributed by atoms with Gasteiger partial charge in [-0.05, 0) is 31.9 Å². The first kappa shape index (κ1) is 20.1. The summed E-state index contributed by atoms with van der Waals surface area (Å²) in [7, 11) is 1.35. The minimum atomic E-state index is -3.82. The van der Waals surface area contributed by atoms with Crippen LogP contribution < -0.4 is 4.74 Å². The Kier molecular flexibility index (Phi) is 6.17. The molecule has 26 heavy (non-hydrogen) atoms. The second-order valence-electron chi connectivity index (χ2n) is 6.35. The Morgan fingerprint density at radius 2 is 2.04 bits per heavy atom. The molecule has 1 aliphatic heterocycles. The van der Waals surface area contributed by atoms with Crippen molar-refractivity contribution in [2.24, 2.45) is 5.41 Å². The van der Waals surface area contributed by atoms with Gasteiger partial charge in [-0.15, -0.1) is 0 Å². The van der Waals surface area contributed by atoms with Crippen molar-refractivity contribution in [2.45, 2.75) is 25.7 Å². The average Bonchev–Trinajstić information content (AvgIpc) is 2.62. The van der Waals surface area contributed by atoms with E-state index in [0.717, 1.165) is 11.0 Å². The molecule has 1 heterocycles. The van der Waals surface area contributed by atoms with Crippen molar-refractivity contribution in [2.75, 3.05) is 33.4 Å². The first-order valence-corrected chi connectivity index (χ1v) is 8.40. The minimum Gasteiger partial charge on any atom is -0.493 e. The van der Waals surface area contributed by atoms with E-state index in [9.17, 15) is 23.5 Å². The Balaban J connectivity index is 2.30. The number of hydrogen-bond acceptors (Lipinski definition) is 4. The number of halogens is 2. The van der Waals surface area contributed by atoms with Gasteiger partial charge < -0.3 is 19.5 Å². The van der Waals surface area contributed by atoms with E-state index in [-0.39, 0.29) is 38.5 Å². The molecule has 1 fully saturated rings. The molecule has 8 heteroatoms. The molecule has 144 valence electrons. The van der Waals surface area contributed by atoms with Crippen molar-refractivity contribution in [3.05, 3.63) is 29.8 Å². The maximum absolute atomic E-state index is 14.9. The van der Waals surface area contributed by atoms with E-state index >= 15 is 0 Å². The van der Waals surface area contributed by atoms with Gasteiger partial charge in [0, 0.05) is 20.2 Å².